The molecule has 0 aliphatic heterocycles. The third-order valence-electron chi connectivity index (χ3n) is 4.26. The lowest BCUT2D eigenvalue weighted by atomic mass is 10.1. The lowest BCUT2D eigenvalue weighted by Gasteiger charge is -2.18. The van der Waals surface area contributed by atoms with Crippen LogP contribution in [0.1, 0.15) is 27.6 Å². The van der Waals surface area contributed by atoms with Crippen molar-refractivity contribution < 1.29 is 14.1 Å². The zero-order chi connectivity index (χ0) is 20.1. The Bertz CT molecular complexity index is 918. The minimum absolute atomic E-state index is 0.0444. The van der Waals surface area contributed by atoms with Crippen molar-refractivity contribution in [2.75, 3.05) is 26.0 Å². The number of amides is 1. The first-order valence-electron chi connectivity index (χ1n) is 8.96. The largest absolute Gasteiger partial charge is 0.485 e. The fraction of sp³-hybridized carbons (Fsp3) is 0.286. The van der Waals surface area contributed by atoms with Gasteiger partial charge in [-0.3, -0.25) is 4.79 Å². The number of carbonyl (C=O) groups excluding carboxylic acids is 1. The van der Waals surface area contributed by atoms with Crippen LogP contribution in [0, 0.1) is 6.92 Å². The van der Waals surface area contributed by atoms with Gasteiger partial charge in [0.15, 0.2) is 6.61 Å². The molecular formula is C21H24N4O3. The molecule has 1 heterocycles. The van der Waals surface area contributed by atoms with E-state index in [2.05, 4.69) is 10.1 Å². The molecule has 0 atom stereocenters. The SMILES string of the molecule is Cc1nc(COc2ccc(C(=O)N(C)Cc3ccc(N(C)C)cc3)cc2)no1. The van der Waals surface area contributed by atoms with Crippen LogP contribution in [0.15, 0.2) is 53.1 Å². The molecule has 0 spiro atoms. The summed E-state index contributed by atoms with van der Waals surface area (Å²) >= 11 is 0. The van der Waals surface area contributed by atoms with Crippen molar-refractivity contribution >= 4 is 11.6 Å². The molecule has 0 bridgehead atoms. The molecule has 0 saturated carbocycles. The highest BCUT2D eigenvalue weighted by molar-refractivity contribution is 5.94. The van der Waals surface area contributed by atoms with Gasteiger partial charge in [-0.2, -0.15) is 4.98 Å². The van der Waals surface area contributed by atoms with Crippen molar-refractivity contribution in [1.82, 2.24) is 15.0 Å². The number of aromatic nitrogens is 2. The third-order valence-corrected chi connectivity index (χ3v) is 4.26. The van der Waals surface area contributed by atoms with Crippen LogP contribution in [-0.4, -0.2) is 42.1 Å². The summed E-state index contributed by atoms with van der Waals surface area (Å²) in [5.41, 5.74) is 2.82. The molecule has 1 amide bonds. The number of carbonyl (C=O) groups is 1. The highest BCUT2D eigenvalue weighted by Crippen LogP contribution is 2.17. The highest BCUT2D eigenvalue weighted by atomic mass is 16.5. The zero-order valence-corrected chi connectivity index (χ0v) is 16.5. The number of ether oxygens (including phenoxy) is 1. The summed E-state index contributed by atoms with van der Waals surface area (Å²) in [6.45, 7) is 2.49. The first kappa shape index (κ1) is 19.4. The standard InChI is InChI=1S/C21H24N4O3/c1-15-22-20(23-28-15)14-27-19-11-7-17(8-12-19)21(26)25(4)13-16-5-9-18(10-6-16)24(2)3/h5-12H,13-14H2,1-4H3. The predicted molar refractivity (Wildman–Crippen MR) is 106 cm³/mol. The van der Waals surface area contributed by atoms with Crippen LogP contribution in [0.25, 0.3) is 0 Å². The Kier molecular flexibility index (Phi) is 5.93. The molecule has 1 aromatic heterocycles. The number of hydrogen-bond donors (Lipinski definition) is 0. The Morgan fingerprint density at radius 2 is 1.71 bits per heavy atom. The number of benzene rings is 2. The average molecular weight is 380 g/mol. The van der Waals surface area contributed by atoms with E-state index in [1.54, 1.807) is 43.1 Å². The molecule has 146 valence electrons. The molecular weight excluding hydrogens is 356 g/mol. The Hall–Kier alpha value is -3.35. The summed E-state index contributed by atoms with van der Waals surface area (Å²) in [5.74, 6) is 1.58. The van der Waals surface area contributed by atoms with Gasteiger partial charge in [0.25, 0.3) is 5.91 Å². The van der Waals surface area contributed by atoms with Gasteiger partial charge in [-0.05, 0) is 42.0 Å². The van der Waals surface area contributed by atoms with E-state index < -0.39 is 0 Å². The van der Waals surface area contributed by atoms with Crippen LogP contribution in [0.5, 0.6) is 5.75 Å². The molecule has 28 heavy (non-hydrogen) atoms. The Morgan fingerprint density at radius 1 is 1.04 bits per heavy atom. The summed E-state index contributed by atoms with van der Waals surface area (Å²) in [5, 5.41) is 3.78. The van der Waals surface area contributed by atoms with Gasteiger partial charge in [0.05, 0.1) is 0 Å². The second-order valence-corrected chi connectivity index (χ2v) is 6.76. The van der Waals surface area contributed by atoms with Gasteiger partial charge < -0.3 is 19.1 Å². The maximum Gasteiger partial charge on any atom is 0.253 e. The molecule has 3 aromatic rings. The van der Waals surface area contributed by atoms with E-state index in [-0.39, 0.29) is 12.5 Å². The maximum absolute atomic E-state index is 12.7. The average Bonchev–Trinajstić information content (AvgIpc) is 3.12. The molecule has 0 aliphatic rings. The normalized spacial score (nSPS) is 10.6. The lowest BCUT2D eigenvalue weighted by Crippen LogP contribution is -2.26. The van der Waals surface area contributed by atoms with Crippen molar-refractivity contribution in [1.29, 1.82) is 0 Å². The van der Waals surface area contributed by atoms with Gasteiger partial charge in [-0.25, -0.2) is 0 Å². The van der Waals surface area contributed by atoms with E-state index >= 15 is 0 Å². The van der Waals surface area contributed by atoms with E-state index in [1.807, 2.05) is 43.3 Å². The fourth-order valence-corrected chi connectivity index (χ4v) is 2.71. The molecule has 0 unspecified atom stereocenters. The Morgan fingerprint density at radius 3 is 2.29 bits per heavy atom. The monoisotopic (exact) mass is 380 g/mol. The summed E-state index contributed by atoms with van der Waals surface area (Å²) in [4.78, 5) is 20.5. The fourth-order valence-electron chi connectivity index (χ4n) is 2.71. The molecule has 0 aliphatic carbocycles. The quantitative estimate of drug-likeness (QED) is 0.626. The second kappa shape index (κ2) is 8.56. The van der Waals surface area contributed by atoms with Crippen molar-refractivity contribution in [2.24, 2.45) is 0 Å². The summed E-state index contributed by atoms with van der Waals surface area (Å²) < 4.78 is 10.5. The third kappa shape index (κ3) is 4.88. The maximum atomic E-state index is 12.7. The van der Waals surface area contributed by atoms with Gasteiger partial charge in [0.1, 0.15) is 5.75 Å². The van der Waals surface area contributed by atoms with E-state index in [0.717, 1.165) is 11.3 Å². The number of hydrogen-bond acceptors (Lipinski definition) is 6. The molecule has 7 heteroatoms. The number of aryl methyl sites for hydroxylation is 1. The van der Waals surface area contributed by atoms with Crippen molar-refractivity contribution in [2.45, 2.75) is 20.1 Å². The van der Waals surface area contributed by atoms with Gasteiger partial charge in [-0.15, -0.1) is 0 Å². The highest BCUT2D eigenvalue weighted by Gasteiger charge is 2.12. The van der Waals surface area contributed by atoms with Gasteiger partial charge >= 0.3 is 0 Å². The minimum atomic E-state index is -0.0444. The molecule has 7 nitrogen and oxygen atoms in total. The van der Waals surface area contributed by atoms with E-state index in [1.165, 1.54) is 0 Å². The molecule has 3 rings (SSSR count). The van der Waals surface area contributed by atoms with Gasteiger partial charge in [0.2, 0.25) is 11.7 Å². The molecule has 2 aromatic carbocycles. The molecule has 0 fully saturated rings. The summed E-state index contributed by atoms with van der Waals surface area (Å²) in [7, 11) is 5.80. The van der Waals surface area contributed by atoms with Crippen molar-refractivity contribution in [3.63, 3.8) is 0 Å². The second-order valence-electron chi connectivity index (χ2n) is 6.76. The first-order valence-corrected chi connectivity index (χ1v) is 8.96. The van der Waals surface area contributed by atoms with Crippen LogP contribution < -0.4 is 9.64 Å². The number of rotatable bonds is 7. The van der Waals surface area contributed by atoms with Crippen molar-refractivity contribution in [3.05, 3.63) is 71.4 Å². The summed E-state index contributed by atoms with van der Waals surface area (Å²) in [6.07, 6.45) is 0. The lowest BCUT2D eigenvalue weighted by molar-refractivity contribution is 0.0785. The van der Waals surface area contributed by atoms with Crippen LogP contribution in [0.3, 0.4) is 0 Å². The smallest absolute Gasteiger partial charge is 0.253 e. The first-order chi connectivity index (χ1) is 13.4. The molecule has 0 radical (unpaired) electrons. The van der Waals surface area contributed by atoms with E-state index in [0.29, 0.717) is 29.6 Å². The zero-order valence-electron chi connectivity index (χ0n) is 16.5. The minimum Gasteiger partial charge on any atom is -0.485 e. The summed E-state index contributed by atoms with van der Waals surface area (Å²) in [6, 6.07) is 15.2. The molecule has 0 N–H and O–H groups in total. The Balaban J connectivity index is 1.57. The number of anilines is 1. The topological polar surface area (TPSA) is 71.7 Å². The van der Waals surface area contributed by atoms with E-state index in [9.17, 15) is 4.79 Å². The predicted octanol–water partition coefficient (Wildman–Crippen LogP) is 3.30. The van der Waals surface area contributed by atoms with Crippen LogP contribution in [0.2, 0.25) is 0 Å². The molecule has 0 saturated heterocycles. The van der Waals surface area contributed by atoms with Crippen LogP contribution in [0.4, 0.5) is 5.69 Å². The van der Waals surface area contributed by atoms with Crippen molar-refractivity contribution in [3.8, 4) is 5.75 Å². The van der Waals surface area contributed by atoms with E-state index in [4.69, 9.17) is 9.26 Å². The van der Waals surface area contributed by atoms with Crippen LogP contribution >= 0.6 is 0 Å². The Labute approximate surface area is 164 Å². The number of nitrogens with zero attached hydrogens (tertiary/aromatic N) is 4. The van der Waals surface area contributed by atoms with Gasteiger partial charge in [0, 0.05) is 45.9 Å². The van der Waals surface area contributed by atoms with Crippen LogP contribution in [-0.2, 0) is 13.2 Å². The van der Waals surface area contributed by atoms with Gasteiger partial charge in [-0.1, -0.05) is 17.3 Å².